The molecule has 1 rings (SSSR count). The first kappa shape index (κ1) is 14.5. The molecular formula is C14H23N3O. The predicted molar refractivity (Wildman–Crippen MR) is 76.6 cm³/mol. The van der Waals surface area contributed by atoms with Crippen LogP contribution in [0.25, 0.3) is 0 Å². The lowest BCUT2D eigenvalue weighted by Crippen LogP contribution is -2.32. The van der Waals surface area contributed by atoms with Crippen molar-refractivity contribution < 1.29 is 4.79 Å². The number of likely N-dealkylation sites (N-methyl/N-ethyl adjacent to an activating group) is 1. The Kier molecular flexibility index (Phi) is 5.16. The first-order valence-electron chi connectivity index (χ1n) is 6.23. The van der Waals surface area contributed by atoms with Gasteiger partial charge in [0, 0.05) is 17.9 Å². The summed E-state index contributed by atoms with van der Waals surface area (Å²) in [7, 11) is 1.95. The van der Waals surface area contributed by atoms with Crippen molar-refractivity contribution in [1.29, 1.82) is 0 Å². The number of anilines is 2. The van der Waals surface area contributed by atoms with Gasteiger partial charge < -0.3 is 11.1 Å². The molecule has 0 aliphatic rings. The van der Waals surface area contributed by atoms with Gasteiger partial charge in [0.05, 0.1) is 6.54 Å². The minimum absolute atomic E-state index is 0.00755. The van der Waals surface area contributed by atoms with Crippen LogP contribution >= 0.6 is 0 Å². The molecule has 0 saturated heterocycles. The van der Waals surface area contributed by atoms with Gasteiger partial charge in [0.2, 0.25) is 5.91 Å². The van der Waals surface area contributed by atoms with Crippen LogP contribution in [-0.4, -0.2) is 30.9 Å². The summed E-state index contributed by atoms with van der Waals surface area (Å²) in [5.41, 5.74) is 8.17. The molecule has 4 heteroatoms. The normalized spacial score (nSPS) is 11.0. The Bertz CT molecular complexity index is 416. The van der Waals surface area contributed by atoms with Crippen molar-refractivity contribution in [3.8, 4) is 0 Å². The van der Waals surface area contributed by atoms with Gasteiger partial charge in [-0.05, 0) is 37.6 Å². The number of carbonyl (C=O) groups excluding carboxylic acids is 1. The van der Waals surface area contributed by atoms with E-state index < -0.39 is 0 Å². The molecule has 0 fully saturated rings. The Balaban J connectivity index is 2.56. The summed E-state index contributed by atoms with van der Waals surface area (Å²) in [6.45, 7) is 7.52. The van der Waals surface area contributed by atoms with Crippen molar-refractivity contribution in [3.63, 3.8) is 0 Å². The highest BCUT2D eigenvalue weighted by Crippen LogP contribution is 2.17. The van der Waals surface area contributed by atoms with Crippen molar-refractivity contribution in [2.45, 2.75) is 20.8 Å². The summed E-state index contributed by atoms with van der Waals surface area (Å²) >= 11 is 0. The van der Waals surface area contributed by atoms with E-state index in [2.05, 4.69) is 19.2 Å². The molecule has 0 spiro atoms. The second kappa shape index (κ2) is 6.40. The lowest BCUT2D eigenvalue weighted by molar-refractivity contribution is -0.117. The Labute approximate surface area is 109 Å². The van der Waals surface area contributed by atoms with Crippen LogP contribution in [0.5, 0.6) is 0 Å². The fraction of sp³-hybridized carbons (Fsp3) is 0.500. The second-order valence-electron chi connectivity index (χ2n) is 5.21. The monoisotopic (exact) mass is 249 g/mol. The van der Waals surface area contributed by atoms with Gasteiger partial charge in [-0.15, -0.1) is 0 Å². The van der Waals surface area contributed by atoms with E-state index in [0.29, 0.717) is 18.2 Å². The molecule has 0 radical (unpaired) electrons. The van der Waals surface area contributed by atoms with E-state index in [1.807, 2.05) is 31.0 Å². The molecule has 1 aromatic carbocycles. The minimum Gasteiger partial charge on any atom is -0.399 e. The molecule has 0 atom stereocenters. The molecule has 0 bridgehead atoms. The van der Waals surface area contributed by atoms with Crippen LogP contribution in [0.15, 0.2) is 18.2 Å². The lowest BCUT2D eigenvalue weighted by atomic mass is 10.2. The number of aryl methyl sites for hydroxylation is 1. The van der Waals surface area contributed by atoms with Gasteiger partial charge in [-0.1, -0.05) is 19.9 Å². The number of rotatable bonds is 5. The number of nitrogens with zero attached hydrogens (tertiary/aromatic N) is 1. The Hall–Kier alpha value is -1.55. The summed E-state index contributed by atoms with van der Waals surface area (Å²) in [4.78, 5) is 13.9. The van der Waals surface area contributed by atoms with Gasteiger partial charge in [0.15, 0.2) is 0 Å². The zero-order valence-corrected chi connectivity index (χ0v) is 11.7. The molecule has 18 heavy (non-hydrogen) atoms. The quantitative estimate of drug-likeness (QED) is 0.786. The van der Waals surface area contributed by atoms with Crippen molar-refractivity contribution in [1.82, 2.24) is 4.90 Å². The third-order valence-electron chi connectivity index (χ3n) is 2.63. The first-order valence-corrected chi connectivity index (χ1v) is 6.23. The van der Waals surface area contributed by atoms with Gasteiger partial charge in [-0.2, -0.15) is 0 Å². The number of benzene rings is 1. The van der Waals surface area contributed by atoms with Crippen molar-refractivity contribution >= 4 is 17.3 Å². The second-order valence-corrected chi connectivity index (χ2v) is 5.21. The molecular weight excluding hydrogens is 226 g/mol. The highest BCUT2D eigenvalue weighted by molar-refractivity contribution is 5.93. The number of amides is 1. The molecule has 4 nitrogen and oxygen atoms in total. The van der Waals surface area contributed by atoms with Gasteiger partial charge in [-0.25, -0.2) is 0 Å². The van der Waals surface area contributed by atoms with E-state index in [1.165, 1.54) is 0 Å². The summed E-state index contributed by atoms with van der Waals surface area (Å²) < 4.78 is 0. The lowest BCUT2D eigenvalue weighted by Gasteiger charge is -2.18. The maximum absolute atomic E-state index is 11.9. The fourth-order valence-electron chi connectivity index (χ4n) is 1.90. The first-order chi connectivity index (χ1) is 8.38. The maximum atomic E-state index is 11.9. The van der Waals surface area contributed by atoms with E-state index in [1.54, 1.807) is 6.07 Å². The SMILES string of the molecule is Cc1ccc(N)cc1NC(=O)CN(C)CC(C)C. The van der Waals surface area contributed by atoms with Crippen LogP contribution < -0.4 is 11.1 Å². The molecule has 0 aromatic heterocycles. The van der Waals surface area contributed by atoms with Crippen molar-refractivity contribution in [3.05, 3.63) is 23.8 Å². The molecule has 100 valence electrons. The number of hydrogen-bond acceptors (Lipinski definition) is 3. The molecule has 0 saturated carbocycles. The van der Waals surface area contributed by atoms with Gasteiger partial charge in [0.25, 0.3) is 0 Å². The van der Waals surface area contributed by atoms with Crippen LogP contribution in [-0.2, 0) is 4.79 Å². The molecule has 0 aliphatic carbocycles. The Morgan fingerprint density at radius 2 is 2.11 bits per heavy atom. The van der Waals surface area contributed by atoms with Gasteiger partial charge in [-0.3, -0.25) is 9.69 Å². The van der Waals surface area contributed by atoms with Crippen LogP contribution in [0.1, 0.15) is 19.4 Å². The molecule has 1 aromatic rings. The largest absolute Gasteiger partial charge is 0.399 e. The van der Waals surface area contributed by atoms with Crippen LogP contribution in [0, 0.1) is 12.8 Å². The zero-order chi connectivity index (χ0) is 13.7. The Morgan fingerprint density at radius 3 is 2.72 bits per heavy atom. The third-order valence-corrected chi connectivity index (χ3v) is 2.63. The van der Waals surface area contributed by atoms with Gasteiger partial charge in [0.1, 0.15) is 0 Å². The third kappa shape index (κ3) is 4.75. The van der Waals surface area contributed by atoms with Crippen LogP contribution in [0.3, 0.4) is 0 Å². The summed E-state index contributed by atoms with van der Waals surface area (Å²) in [6, 6.07) is 5.52. The average molecular weight is 249 g/mol. The Morgan fingerprint density at radius 1 is 1.44 bits per heavy atom. The smallest absolute Gasteiger partial charge is 0.238 e. The number of hydrogen-bond donors (Lipinski definition) is 2. The van der Waals surface area contributed by atoms with E-state index in [9.17, 15) is 4.79 Å². The molecule has 1 amide bonds. The number of nitrogens with two attached hydrogens (primary N) is 1. The number of nitrogen functional groups attached to an aromatic ring is 1. The summed E-state index contributed by atoms with van der Waals surface area (Å²) in [5, 5.41) is 2.89. The number of carbonyl (C=O) groups is 1. The molecule has 0 aliphatic heterocycles. The standard InChI is InChI=1S/C14H23N3O/c1-10(2)8-17(4)9-14(18)16-13-7-12(15)6-5-11(13)3/h5-7,10H,8-9,15H2,1-4H3,(H,16,18). The van der Waals surface area contributed by atoms with Crippen LogP contribution in [0.2, 0.25) is 0 Å². The van der Waals surface area contributed by atoms with E-state index in [-0.39, 0.29) is 5.91 Å². The fourth-order valence-corrected chi connectivity index (χ4v) is 1.90. The maximum Gasteiger partial charge on any atom is 0.238 e. The topological polar surface area (TPSA) is 58.4 Å². The highest BCUT2D eigenvalue weighted by atomic mass is 16.2. The van der Waals surface area contributed by atoms with Crippen molar-refractivity contribution in [2.24, 2.45) is 5.92 Å². The molecule has 0 heterocycles. The highest BCUT2D eigenvalue weighted by Gasteiger charge is 2.09. The molecule has 0 unspecified atom stereocenters. The van der Waals surface area contributed by atoms with Crippen LogP contribution in [0.4, 0.5) is 11.4 Å². The average Bonchev–Trinajstić information content (AvgIpc) is 2.21. The van der Waals surface area contributed by atoms with E-state index >= 15 is 0 Å². The molecule has 3 N–H and O–H groups in total. The van der Waals surface area contributed by atoms with Crippen molar-refractivity contribution in [2.75, 3.05) is 31.2 Å². The number of nitrogens with one attached hydrogen (secondary N) is 1. The minimum atomic E-state index is -0.00755. The summed E-state index contributed by atoms with van der Waals surface area (Å²) in [5.74, 6) is 0.545. The predicted octanol–water partition coefficient (Wildman–Crippen LogP) is 2.10. The van der Waals surface area contributed by atoms with Gasteiger partial charge >= 0.3 is 0 Å². The summed E-state index contributed by atoms with van der Waals surface area (Å²) in [6.07, 6.45) is 0. The van der Waals surface area contributed by atoms with E-state index in [0.717, 1.165) is 17.8 Å². The van der Waals surface area contributed by atoms with E-state index in [4.69, 9.17) is 5.73 Å². The zero-order valence-electron chi connectivity index (χ0n) is 11.7.